The van der Waals surface area contributed by atoms with Crippen LogP contribution in [0.5, 0.6) is 0 Å². The van der Waals surface area contributed by atoms with Crippen molar-refractivity contribution in [2.75, 3.05) is 5.32 Å². The summed E-state index contributed by atoms with van der Waals surface area (Å²) >= 11 is 0. The Hall–Kier alpha value is -3.75. The highest BCUT2D eigenvalue weighted by Gasteiger charge is 2.13. The van der Waals surface area contributed by atoms with E-state index < -0.39 is 35.5 Å². The molecule has 3 aromatic rings. The SMILES string of the molecule is O=C(NCc1c(F)cc(F)cc1F)c1cccc(Nc2ncc(C/C=C/F)cn2)c1. The zero-order valence-electron chi connectivity index (χ0n) is 15.5. The standard InChI is InChI=1S/C21H16F4N4O/c22-6-2-3-13-10-27-21(28-11-13)29-16-5-1-4-14(7-16)20(30)26-12-17-18(24)8-15(23)9-19(17)25/h1-2,4-11H,3,12H2,(H,26,30)(H,27,28,29)/b6-2+. The Labute approximate surface area is 169 Å². The molecule has 30 heavy (non-hydrogen) atoms. The maximum absolute atomic E-state index is 13.7. The van der Waals surface area contributed by atoms with Gasteiger partial charge >= 0.3 is 0 Å². The van der Waals surface area contributed by atoms with E-state index in [1.165, 1.54) is 30.6 Å². The molecule has 0 atom stereocenters. The first-order chi connectivity index (χ1) is 14.5. The Morgan fingerprint density at radius 1 is 1.03 bits per heavy atom. The second kappa shape index (κ2) is 9.64. The summed E-state index contributed by atoms with van der Waals surface area (Å²) in [7, 11) is 0. The molecule has 0 saturated carbocycles. The molecule has 1 amide bonds. The Bertz CT molecular complexity index is 1050. The van der Waals surface area contributed by atoms with Gasteiger partial charge in [-0.1, -0.05) is 12.1 Å². The highest BCUT2D eigenvalue weighted by molar-refractivity contribution is 5.95. The highest BCUT2D eigenvalue weighted by Crippen LogP contribution is 2.17. The van der Waals surface area contributed by atoms with Gasteiger partial charge in [0.05, 0.1) is 6.33 Å². The predicted molar refractivity (Wildman–Crippen MR) is 103 cm³/mol. The van der Waals surface area contributed by atoms with Crippen LogP contribution in [0.15, 0.2) is 61.2 Å². The van der Waals surface area contributed by atoms with Crippen molar-refractivity contribution in [2.45, 2.75) is 13.0 Å². The maximum atomic E-state index is 13.7. The van der Waals surface area contributed by atoms with Gasteiger partial charge in [-0.2, -0.15) is 0 Å². The molecule has 2 N–H and O–H groups in total. The zero-order chi connectivity index (χ0) is 21.5. The molecule has 2 aromatic carbocycles. The second-order valence-corrected chi connectivity index (χ2v) is 6.22. The van der Waals surface area contributed by atoms with Gasteiger partial charge in [0.25, 0.3) is 5.91 Å². The fourth-order valence-electron chi connectivity index (χ4n) is 2.58. The third-order valence-electron chi connectivity index (χ3n) is 4.06. The Kier molecular flexibility index (Phi) is 6.74. The molecule has 154 valence electrons. The van der Waals surface area contributed by atoms with E-state index in [0.29, 0.717) is 30.6 Å². The van der Waals surface area contributed by atoms with Crippen LogP contribution in [0.2, 0.25) is 0 Å². The van der Waals surface area contributed by atoms with Crippen molar-refractivity contribution >= 4 is 17.5 Å². The third kappa shape index (κ3) is 5.40. The number of nitrogens with zero attached hydrogens (tertiary/aromatic N) is 2. The van der Waals surface area contributed by atoms with Crippen LogP contribution in [0.3, 0.4) is 0 Å². The van der Waals surface area contributed by atoms with Crippen LogP contribution >= 0.6 is 0 Å². The lowest BCUT2D eigenvalue weighted by Crippen LogP contribution is -2.24. The highest BCUT2D eigenvalue weighted by atomic mass is 19.1. The van der Waals surface area contributed by atoms with Gasteiger partial charge in [0.1, 0.15) is 17.5 Å². The van der Waals surface area contributed by atoms with Gasteiger partial charge in [0.15, 0.2) is 0 Å². The summed E-state index contributed by atoms with van der Waals surface area (Å²) in [6, 6.07) is 7.42. The molecule has 0 spiro atoms. The van der Waals surface area contributed by atoms with Crippen LogP contribution in [0, 0.1) is 17.5 Å². The second-order valence-electron chi connectivity index (χ2n) is 6.22. The number of aromatic nitrogens is 2. The number of anilines is 2. The number of rotatable bonds is 7. The third-order valence-corrected chi connectivity index (χ3v) is 4.06. The van der Waals surface area contributed by atoms with E-state index in [9.17, 15) is 22.4 Å². The van der Waals surface area contributed by atoms with Crippen LogP contribution < -0.4 is 10.6 Å². The average molecular weight is 416 g/mol. The van der Waals surface area contributed by atoms with Gasteiger partial charge in [0, 0.05) is 47.9 Å². The lowest BCUT2D eigenvalue weighted by Gasteiger charge is -2.10. The monoisotopic (exact) mass is 416 g/mol. The fraction of sp³-hybridized carbons (Fsp3) is 0.0952. The smallest absolute Gasteiger partial charge is 0.251 e. The molecule has 1 heterocycles. The average Bonchev–Trinajstić information content (AvgIpc) is 2.72. The topological polar surface area (TPSA) is 66.9 Å². The summed E-state index contributed by atoms with van der Waals surface area (Å²) in [5.74, 6) is -3.49. The van der Waals surface area contributed by atoms with Crippen LogP contribution in [0.4, 0.5) is 29.2 Å². The molecule has 0 aliphatic carbocycles. The molecule has 0 aliphatic rings. The maximum Gasteiger partial charge on any atom is 0.251 e. The van der Waals surface area contributed by atoms with Gasteiger partial charge in [-0.15, -0.1) is 0 Å². The quantitative estimate of drug-likeness (QED) is 0.553. The molecule has 0 saturated heterocycles. The number of halogens is 4. The molecule has 0 bridgehead atoms. The van der Waals surface area contributed by atoms with E-state index in [0.717, 1.165) is 5.56 Å². The van der Waals surface area contributed by atoms with E-state index in [2.05, 4.69) is 20.6 Å². The summed E-state index contributed by atoms with van der Waals surface area (Å²) in [6.07, 6.45) is 5.22. The molecule has 0 fully saturated rings. The molecule has 0 aliphatic heterocycles. The van der Waals surface area contributed by atoms with E-state index in [1.807, 2.05) is 0 Å². The summed E-state index contributed by atoms with van der Waals surface area (Å²) < 4.78 is 52.4. The minimum absolute atomic E-state index is 0.229. The minimum atomic E-state index is -1.08. The molecule has 3 rings (SSSR count). The van der Waals surface area contributed by atoms with Crippen LogP contribution in [-0.2, 0) is 13.0 Å². The molecule has 0 unspecified atom stereocenters. The van der Waals surface area contributed by atoms with Crippen LogP contribution in [0.25, 0.3) is 0 Å². The Morgan fingerprint density at radius 2 is 1.73 bits per heavy atom. The summed E-state index contributed by atoms with van der Waals surface area (Å²) in [4.78, 5) is 20.6. The van der Waals surface area contributed by atoms with Gasteiger partial charge < -0.3 is 10.6 Å². The van der Waals surface area contributed by atoms with Gasteiger partial charge in [-0.3, -0.25) is 4.79 Å². The van der Waals surface area contributed by atoms with Gasteiger partial charge in [0.2, 0.25) is 5.95 Å². The number of amides is 1. The molecule has 5 nitrogen and oxygen atoms in total. The summed E-state index contributed by atoms with van der Waals surface area (Å²) in [5.41, 5.74) is 1.03. The molecular weight excluding hydrogens is 400 g/mol. The summed E-state index contributed by atoms with van der Waals surface area (Å²) in [6.45, 7) is -0.438. The number of allylic oxidation sites excluding steroid dienone is 1. The first-order valence-electron chi connectivity index (χ1n) is 8.81. The lowest BCUT2D eigenvalue weighted by molar-refractivity contribution is 0.0950. The van der Waals surface area contributed by atoms with Crippen molar-refractivity contribution in [1.29, 1.82) is 0 Å². The van der Waals surface area contributed by atoms with Crippen LogP contribution in [0.1, 0.15) is 21.5 Å². The number of benzene rings is 2. The van der Waals surface area contributed by atoms with E-state index in [1.54, 1.807) is 12.1 Å². The largest absolute Gasteiger partial charge is 0.348 e. The van der Waals surface area contributed by atoms with E-state index in [4.69, 9.17) is 0 Å². The zero-order valence-corrected chi connectivity index (χ0v) is 15.5. The van der Waals surface area contributed by atoms with Gasteiger partial charge in [-0.05, 0) is 30.2 Å². The number of nitrogens with one attached hydrogen (secondary N) is 2. The van der Waals surface area contributed by atoms with E-state index in [-0.39, 0.29) is 11.5 Å². The van der Waals surface area contributed by atoms with Gasteiger partial charge in [-0.25, -0.2) is 27.5 Å². The van der Waals surface area contributed by atoms with Crippen molar-refractivity contribution in [2.24, 2.45) is 0 Å². The molecular formula is C21H16F4N4O. The van der Waals surface area contributed by atoms with E-state index >= 15 is 0 Å². The normalized spacial score (nSPS) is 10.9. The Balaban J connectivity index is 1.65. The summed E-state index contributed by atoms with van der Waals surface area (Å²) in [5, 5.41) is 5.32. The van der Waals surface area contributed by atoms with Crippen molar-refractivity contribution in [3.63, 3.8) is 0 Å². The molecule has 0 radical (unpaired) electrons. The number of carbonyl (C=O) groups is 1. The first kappa shape index (κ1) is 21.0. The first-order valence-corrected chi connectivity index (χ1v) is 8.81. The predicted octanol–water partition coefficient (Wildman–Crippen LogP) is 4.59. The number of hydrogen-bond donors (Lipinski definition) is 2. The molecule has 9 heteroatoms. The lowest BCUT2D eigenvalue weighted by atomic mass is 10.1. The minimum Gasteiger partial charge on any atom is -0.348 e. The van der Waals surface area contributed by atoms with Crippen molar-refractivity contribution in [3.05, 3.63) is 95.3 Å². The number of hydrogen-bond acceptors (Lipinski definition) is 4. The fourth-order valence-corrected chi connectivity index (χ4v) is 2.58. The molecule has 1 aromatic heterocycles. The Morgan fingerprint density at radius 3 is 2.40 bits per heavy atom. The van der Waals surface area contributed by atoms with Crippen LogP contribution in [-0.4, -0.2) is 15.9 Å². The van der Waals surface area contributed by atoms with Crippen molar-refractivity contribution in [1.82, 2.24) is 15.3 Å². The number of carbonyl (C=O) groups excluding carboxylic acids is 1. The van der Waals surface area contributed by atoms with Crippen molar-refractivity contribution in [3.8, 4) is 0 Å². The van der Waals surface area contributed by atoms with Crippen molar-refractivity contribution < 1.29 is 22.4 Å².